The number of rotatable bonds is 81. The van der Waals surface area contributed by atoms with Crippen LogP contribution in [0.3, 0.4) is 0 Å². The van der Waals surface area contributed by atoms with Crippen molar-refractivity contribution in [2.75, 3.05) is 39.6 Å². The summed E-state index contributed by atoms with van der Waals surface area (Å²) in [7, 11) is -9.91. The quantitative estimate of drug-likeness (QED) is 0.0222. The van der Waals surface area contributed by atoms with Crippen LogP contribution in [0, 0.1) is 0 Å². The Hall–Kier alpha value is -1.94. The van der Waals surface area contributed by atoms with Crippen LogP contribution in [0.5, 0.6) is 0 Å². The summed E-state index contributed by atoms with van der Waals surface area (Å²) < 4.78 is 68.6. The first kappa shape index (κ1) is 97.1. The molecule has 2 unspecified atom stereocenters. The molecule has 99 heavy (non-hydrogen) atoms. The molecule has 0 rings (SSSR count). The molecule has 5 atom stereocenters. The molecule has 0 radical (unpaired) electrons. The van der Waals surface area contributed by atoms with Gasteiger partial charge in [0.15, 0.2) is 12.2 Å². The van der Waals surface area contributed by atoms with Crippen LogP contribution in [0.4, 0.5) is 0 Å². The number of hydrogen-bond donors (Lipinski definition) is 3. The zero-order valence-electron chi connectivity index (χ0n) is 64.5. The molecule has 17 nitrogen and oxygen atoms in total. The molecule has 0 aliphatic heterocycles. The van der Waals surface area contributed by atoms with Crippen LogP contribution in [0.2, 0.25) is 0 Å². The maximum absolute atomic E-state index is 13.1. The minimum absolute atomic E-state index is 0.108. The van der Waals surface area contributed by atoms with Gasteiger partial charge in [0, 0.05) is 25.7 Å². The van der Waals surface area contributed by atoms with Crippen LogP contribution in [0.25, 0.3) is 0 Å². The Morgan fingerprint density at radius 3 is 0.596 bits per heavy atom. The molecule has 0 aromatic carbocycles. The zero-order chi connectivity index (χ0) is 72.5. The van der Waals surface area contributed by atoms with Gasteiger partial charge in [-0.15, -0.1) is 0 Å². The lowest BCUT2D eigenvalue weighted by Crippen LogP contribution is -2.30. The fraction of sp³-hybridized carbons (Fsp3) is 0.950. The summed E-state index contributed by atoms with van der Waals surface area (Å²) in [5.74, 6) is -2.11. The monoisotopic (exact) mass is 1450 g/mol. The van der Waals surface area contributed by atoms with E-state index in [1.54, 1.807) is 0 Å². The number of ether oxygens (including phenoxy) is 4. The van der Waals surface area contributed by atoms with Crippen LogP contribution in [0.15, 0.2) is 0 Å². The Labute approximate surface area is 607 Å². The van der Waals surface area contributed by atoms with Crippen molar-refractivity contribution in [3.8, 4) is 0 Å². The highest BCUT2D eigenvalue weighted by atomic mass is 31.2. The second-order valence-corrected chi connectivity index (χ2v) is 31.7. The van der Waals surface area contributed by atoms with Gasteiger partial charge < -0.3 is 33.8 Å². The highest BCUT2D eigenvalue weighted by molar-refractivity contribution is 7.47. The first-order valence-electron chi connectivity index (χ1n) is 41.8. The molecule has 0 amide bonds. The maximum Gasteiger partial charge on any atom is 0.472 e. The van der Waals surface area contributed by atoms with E-state index in [1.807, 2.05) is 0 Å². The minimum atomic E-state index is -4.96. The predicted molar refractivity (Wildman–Crippen MR) is 405 cm³/mol. The van der Waals surface area contributed by atoms with E-state index in [1.165, 1.54) is 263 Å². The molecule has 0 aromatic rings. The minimum Gasteiger partial charge on any atom is -0.462 e. The Morgan fingerprint density at radius 2 is 0.404 bits per heavy atom. The van der Waals surface area contributed by atoms with Crippen molar-refractivity contribution in [3.05, 3.63) is 0 Å². The Kier molecular flexibility index (Phi) is 72.9. The summed E-state index contributed by atoms with van der Waals surface area (Å²) in [6, 6.07) is 0. The van der Waals surface area contributed by atoms with Gasteiger partial charge in [0.25, 0.3) is 0 Å². The van der Waals surface area contributed by atoms with Crippen LogP contribution in [0.1, 0.15) is 432 Å². The van der Waals surface area contributed by atoms with Crippen molar-refractivity contribution in [2.45, 2.75) is 451 Å². The second kappa shape index (κ2) is 74.3. The fourth-order valence-electron chi connectivity index (χ4n) is 12.5. The van der Waals surface area contributed by atoms with Gasteiger partial charge in [-0.3, -0.25) is 37.3 Å². The van der Waals surface area contributed by atoms with E-state index in [-0.39, 0.29) is 25.7 Å². The summed E-state index contributed by atoms with van der Waals surface area (Å²) in [4.78, 5) is 72.9. The molecule has 588 valence electrons. The van der Waals surface area contributed by atoms with Crippen molar-refractivity contribution in [1.29, 1.82) is 0 Å². The molecule has 0 aliphatic rings. The summed E-state index contributed by atoms with van der Waals surface area (Å²) in [6.45, 7) is 5.01. The molecular formula is C80H156O17P2. The third-order valence-corrected chi connectivity index (χ3v) is 20.8. The Morgan fingerprint density at radius 1 is 0.242 bits per heavy atom. The van der Waals surface area contributed by atoms with Crippen molar-refractivity contribution < 1.29 is 80.2 Å². The average Bonchev–Trinajstić information content (AvgIpc) is 1.58. The highest BCUT2D eigenvalue weighted by Gasteiger charge is 2.30. The average molecular weight is 1450 g/mol. The molecule has 3 N–H and O–H groups in total. The molecule has 0 heterocycles. The predicted octanol–water partition coefficient (Wildman–Crippen LogP) is 24.2. The van der Waals surface area contributed by atoms with Crippen molar-refractivity contribution in [2.24, 2.45) is 0 Å². The van der Waals surface area contributed by atoms with E-state index in [9.17, 15) is 43.2 Å². The molecule has 0 aromatic heterocycles. The molecule has 0 aliphatic carbocycles. The molecular weight excluding hydrogens is 1290 g/mol. The third kappa shape index (κ3) is 74.1. The van der Waals surface area contributed by atoms with E-state index < -0.39 is 97.5 Å². The third-order valence-electron chi connectivity index (χ3n) is 18.9. The number of carbonyl (C=O) groups excluding carboxylic acids is 4. The number of aliphatic hydroxyl groups excluding tert-OH is 1. The lowest BCUT2D eigenvalue weighted by molar-refractivity contribution is -0.161. The molecule has 19 heteroatoms. The van der Waals surface area contributed by atoms with E-state index >= 15 is 0 Å². The topological polar surface area (TPSA) is 237 Å². The first-order valence-corrected chi connectivity index (χ1v) is 44.8. The molecule has 0 spiro atoms. The largest absolute Gasteiger partial charge is 0.472 e. The van der Waals surface area contributed by atoms with Gasteiger partial charge in [0.2, 0.25) is 0 Å². The van der Waals surface area contributed by atoms with E-state index in [4.69, 9.17) is 37.0 Å². The summed E-state index contributed by atoms with van der Waals surface area (Å²) in [5.41, 5.74) is 0. The smallest absolute Gasteiger partial charge is 0.462 e. The maximum atomic E-state index is 13.1. The van der Waals surface area contributed by atoms with Gasteiger partial charge in [-0.2, -0.15) is 0 Å². The molecule has 0 bridgehead atoms. The number of carbonyl (C=O) groups is 4. The molecule has 0 fully saturated rings. The first-order chi connectivity index (χ1) is 48.2. The van der Waals surface area contributed by atoms with Gasteiger partial charge in [0.05, 0.1) is 26.4 Å². The Bertz CT molecular complexity index is 1880. The number of phosphoric ester groups is 2. The van der Waals surface area contributed by atoms with Gasteiger partial charge in [-0.1, -0.05) is 381 Å². The SMILES string of the molecule is CCCCCCCCCCCCCCCCCCCCCCC(=O)O[C@H](COC(=O)CCCCCCCCCCCCCCCCCCC)COP(=O)(O)OC[C@@H](O)COP(=O)(O)OC[C@@H](COC(=O)CCCCCCCCCCC)OC(=O)CCCCCCCCCCCCCCC. The van der Waals surface area contributed by atoms with Gasteiger partial charge >= 0.3 is 39.5 Å². The number of aliphatic hydroxyl groups is 1. The van der Waals surface area contributed by atoms with Crippen LogP contribution in [-0.4, -0.2) is 96.7 Å². The standard InChI is InChI=1S/C80H156O17P2/c1-5-9-13-17-21-25-28-31-33-35-36-37-39-41-44-47-51-55-59-63-67-80(85)97-76(71-91-78(83)65-61-57-53-49-45-43-40-38-34-32-29-26-22-18-14-10-6-2)73-95-99(88,89)93-69-74(81)68-92-98(86,87)94-72-75(70-90-77(82)64-60-56-52-48-24-20-16-12-8-4)96-79(84)66-62-58-54-50-46-42-30-27-23-19-15-11-7-3/h74-76,81H,5-73H2,1-4H3,(H,86,87)(H,88,89)/t74-,75+,76+/m0/s1. The summed E-state index contributed by atoms with van der Waals surface area (Å²) >= 11 is 0. The second-order valence-electron chi connectivity index (χ2n) is 28.8. The lowest BCUT2D eigenvalue weighted by atomic mass is 10.0. The lowest BCUT2D eigenvalue weighted by Gasteiger charge is -2.21. The van der Waals surface area contributed by atoms with Crippen LogP contribution in [-0.2, 0) is 65.4 Å². The van der Waals surface area contributed by atoms with Crippen LogP contribution >= 0.6 is 15.6 Å². The van der Waals surface area contributed by atoms with Gasteiger partial charge in [0.1, 0.15) is 19.3 Å². The Balaban J connectivity index is 5.20. The van der Waals surface area contributed by atoms with Gasteiger partial charge in [-0.25, -0.2) is 9.13 Å². The van der Waals surface area contributed by atoms with E-state index in [0.29, 0.717) is 25.7 Å². The summed E-state index contributed by atoms with van der Waals surface area (Å²) in [5, 5.41) is 10.6. The van der Waals surface area contributed by atoms with E-state index in [0.717, 1.165) is 89.9 Å². The highest BCUT2D eigenvalue weighted by Crippen LogP contribution is 2.45. The zero-order valence-corrected chi connectivity index (χ0v) is 66.3. The number of esters is 4. The van der Waals surface area contributed by atoms with Crippen molar-refractivity contribution >= 4 is 39.5 Å². The van der Waals surface area contributed by atoms with Crippen molar-refractivity contribution in [3.63, 3.8) is 0 Å². The fourth-order valence-corrected chi connectivity index (χ4v) is 14.0. The molecule has 0 saturated carbocycles. The van der Waals surface area contributed by atoms with Crippen molar-refractivity contribution in [1.82, 2.24) is 0 Å². The normalized spacial score (nSPS) is 13.8. The van der Waals surface area contributed by atoms with Crippen LogP contribution < -0.4 is 0 Å². The van der Waals surface area contributed by atoms with E-state index in [2.05, 4.69) is 27.7 Å². The van der Waals surface area contributed by atoms with Gasteiger partial charge in [-0.05, 0) is 25.7 Å². The summed E-state index contributed by atoms with van der Waals surface area (Å²) in [6.07, 6.45) is 66.6. The number of hydrogen-bond acceptors (Lipinski definition) is 15. The molecule has 0 saturated heterocycles. The number of unbranched alkanes of at least 4 members (excludes halogenated alkanes) is 55. The number of phosphoric acid groups is 2.